The number of rotatable bonds is 6. The molecule has 0 aliphatic rings. The molecule has 0 saturated carbocycles. The predicted octanol–water partition coefficient (Wildman–Crippen LogP) is 4.05. The van der Waals surface area contributed by atoms with Gasteiger partial charge in [0.15, 0.2) is 0 Å². The zero-order valence-electron chi connectivity index (χ0n) is 11.2. The van der Waals surface area contributed by atoms with Crippen LogP contribution in [0.1, 0.15) is 13.8 Å². The molecular formula is C14H18Br2N2O. The molecule has 3 nitrogen and oxygen atoms in total. The van der Waals surface area contributed by atoms with E-state index in [9.17, 15) is 4.79 Å². The molecule has 0 spiro atoms. The topological polar surface area (TPSA) is 32.3 Å². The van der Waals surface area contributed by atoms with E-state index in [0.717, 1.165) is 20.2 Å². The third-order valence-electron chi connectivity index (χ3n) is 2.56. The number of hydrogen-bond donors (Lipinski definition) is 1. The molecule has 0 unspecified atom stereocenters. The van der Waals surface area contributed by atoms with E-state index in [4.69, 9.17) is 0 Å². The summed E-state index contributed by atoms with van der Waals surface area (Å²) < 4.78 is 1.92. The summed E-state index contributed by atoms with van der Waals surface area (Å²) >= 11 is 6.86. The van der Waals surface area contributed by atoms with Gasteiger partial charge in [-0.2, -0.15) is 0 Å². The second-order valence-corrected chi connectivity index (χ2v) is 6.11. The Morgan fingerprint density at radius 3 is 2.63 bits per heavy atom. The summed E-state index contributed by atoms with van der Waals surface area (Å²) in [6.45, 7) is 9.31. The van der Waals surface area contributed by atoms with Gasteiger partial charge in [0.25, 0.3) is 0 Å². The highest BCUT2D eigenvalue weighted by molar-refractivity contribution is 9.11. The van der Waals surface area contributed by atoms with Gasteiger partial charge in [-0.25, -0.2) is 0 Å². The molecule has 0 aliphatic heterocycles. The van der Waals surface area contributed by atoms with Crippen LogP contribution in [0, 0.1) is 0 Å². The molecule has 0 saturated heterocycles. The standard InChI is InChI=1S/C14H18Br2N2O/c1-4-18(9-10(2)3)14(19)8-17-13-6-5-11(15)7-12(13)16/h5-7,17H,2,4,8-9H2,1,3H3. The third kappa shape index (κ3) is 5.37. The maximum absolute atomic E-state index is 12.1. The average Bonchev–Trinajstić information content (AvgIpc) is 2.34. The van der Waals surface area contributed by atoms with Crippen molar-refractivity contribution in [1.82, 2.24) is 4.90 Å². The first kappa shape index (κ1) is 16.2. The summed E-state index contributed by atoms with van der Waals surface area (Å²) in [5.41, 5.74) is 1.89. The third-order valence-corrected chi connectivity index (χ3v) is 3.71. The van der Waals surface area contributed by atoms with E-state index >= 15 is 0 Å². The van der Waals surface area contributed by atoms with Crippen molar-refractivity contribution in [3.8, 4) is 0 Å². The number of benzene rings is 1. The van der Waals surface area contributed by atoms with E-state index < -0.39 is 0 Å². The molecule has 0 aliphatic carbocycles. The van der Waals surface area contributed by atoms with Crippen molar-refractivity contribution in [2.45, 2.75) is 13.8 Å². The minimum atomic E-state index is 0.0697. The molecule has 0 bridgehead atoms. The van der Waals surface area contributed by atoms with Crippen LogP contribution in [0.4, 0.5) is 5.69 Å². The molecule has 1 aromatic carbocycles. The number of carbonyl (C=O) groups is 1. The van der Waals surface area contributed by atoms with Gasteiger partial charge in [0.2, 0.25) is 5.91 Å². The van der Waals surface area contributed by atoms with Gasteiger partial charge in [0, 0.05) is 27.7 Å². The Hall–Kier alpha value is -0.810. The van der Waals surface area contributed by atoms with Crippen molar-refractivity contribution in [1.29, 1.82) is 0 Å². The molecule has 0 atom stereocenters. The molecule has 104 valence electrons. The minimum absolute atomic E-state index is 0.0697. The van der Waals surface area contributed by atoms with Crippen LogP contribution in [-0.2, 0) is 4.79 Å². The zero-order chi connectivity index (χ0) is 14.4. The second kappa shape index (κ2) is 7.70. The van der Waals surface area contributed by atoms with Crippen LogP contribution in [0.15, 0.2) is 39.3 Å². The number of nitrogens with one attached hydrogen (secondary N) is 1. The highest BCUT2D eigenvalue weighted by Gasteiger charge is 2.11. The van der Waals surface area contributed by atoms with Crippen LogP contribution in [-0.4, -0.2) is 30.4 Å². The molecule has 1 N–H and O–H groups in total. The van der Waals surface area contributed by atoms with Gasteiger partial charge >= 0.3 is 0 Å². The number of halogens is 2. The Bertz CT molecular complexity index is 475. The van der Waals surface area contributed by atoms with Gasteiger partial charge in [-0.05, 0) is 48.0 Å². The van der Waals surface area contributed by atoms with Crippen molar-refractivity contribution < 1.29 is 4.79 Å². The monoisotopic (exact) mass is 388 g/mol. The van der Waals surface area contributed by atoms with E-state index in [1.54, 1.807) is 4.90 Å². The van der Waals surface area contributed by atoms with Crippen molar-refractivity contribution >= 4 is 43.5 Å². The van der Waals surface area contributed by atoms with Gasteiger partial charge in [0.05, 0.1) is 6.54 Å². The lowest BCUT2D eigenvalue weighted by atomic mass is 10.3. The molecule has 0 heterocycles. The van der Waals surface area contributed by atoms with Crippen LogP contribution in [0.25, 0.3) is 0 Å². The number of hydrogen-bond acceptors (Lipinski definition) is 2. The van der Waals surface area contributed by atoms with Gasteiger partial charge in [-0.1, -0.05) is 28.1 Å². The van der Waals surface area contributed by atoms with Crippen molar-refractivity contribution in [3.63, 3.8) is 0 Å². The Kier molecular flexibility index (Phi) is 6.58. The average molecular weight is 390 g/mol. The Morgan fingerprint density at radius 1 is 1.42 bits per heavy atom. The summed E-state index contributed by atoms with van der Waals surface area (Å²) in [6.07, 6.45) is 0. The van der Waals surface area contributed by atoms with Crippen molar-refractivity contribution in [2.24, 2.45) is 0 Å². The largest absolute Gasteiger partial charge is 0.375 e. The summed E-state index contributed by atoms with van der Waals surface area (Å²) in [6, 6.07) is 5.80. The Labute approximate surface area is 131 Å². The predicted molar refractivity (Wildman–Crippen MR) is 87.4 cm³/mol. The van der Waals surface area contributed by atoms with Crippen LogP contribution < -0.4 is 5.32 Å². The SMILES string of the molecule is C=C(C)CN(CC)C(=O)CNc1ccc(Br)cc1Br. The van der Waals surface area contributed by atoms with Gasteiger partial charge < -0.3 is 10.2 Å². The highest BCUT2D eigenvalue weighted by atomic mass is 79.9. The maximum atomic E-state index is 12.1. The molecular weight excluding hydrogens is 372 g/mol. The zero-order valence-corrected chi connectivity index (χ0v) is 14.3. The number of carbonyl (C=O) groups excluding carboxylic acids is 1. The second-order valence-electron chi connectivity index (χ2n) is 4.34. The minimum Gasteiger partial charge on any atom is -0.375 e. The molecule has 0 fully saturated rings. The quantitative estimate of drug-likeness (QED) is 0.744. The lowest BCUT2D eigenvalue weighted by Gasteiger charge is -2.21. The molecule has 0 radical (unpaired) electrons. The first-order valence-corrected chi connectivity index (χ1v) is 7.63. The molecule has 0 aromatic heterocycles. The molecule has 1 amide bonds. The summed E-state index contributed by atoms with van der Waals surface area (Å²) in [4.78, 5) is 13.8. The number of anilines is 1. The van der Waals surface area contributed by atoms with Crippen molar-refractivity contribution in [3.05, 3.63) is 39.3 Å². The normalized spacial score (nSPS) is 10.1. The van der Waals surface area contributed by atoms with Gasteiger partial charge in [0.1, 0.15) is 0 Å². The fourth-order valence-corrected chi connectivity index (χ4v) is 2.80. The van der Waals surface area contributed by atoms with Gasteiger partial charge in [-0.3, -0.25) is 4.79 Å². The molecule has 1 rings (SSSR count). The maximum Gasteiger partial charge on any atom is 0.242 e. The lowest BCUT2D eigenvalue weighted by molar-refractivity contribution is -0.128. The van der Waals surface area contributed by atoms with E-state index in [0.29, 0.717) is 13.1 Å². The first-order chi connectivity index (χ1) is 8.93. The van der Waals surface area contributed by atoms with Crippen LogP contribution in [0.3, 0.4) is 0 Å². The van der Waals surface area contributed by atoms with E-state index in [2.05, 4.69) is 43.8 Å². The highest BCUT2D eigenvalue weighted by Crippen LogP contribution is 2.25. The summed E-state index contributed by atoms with van der Waals surface area (Å²) in [7, 11) is 0. The fraction of sp³-hybridized carbons (Fsp3) is 0.357. The number of amides is 1. The Morgan fingerprint density at radius 2 is 2.11 bits per heavy atom. The number of likely N-dealkylation sites (N-methyl/N-ethyl adjacent to an activating group) is 1. The first-order valence-electron chi connectivity index (χ1n) is 6.05. The molecule has 5 heteroatoms. The smallest absolute Gasteiger partial charge is 0.242 e. The van der Waals surface area contributed by atoms with E-state index in [-0.39, 0.29) is 12.5 Å². The molecule has 1 aromatic rings. The molecule has 19 heavy (non-hydrogen) atoms. The fourth-order valence-electron chi connectivity index (χ4n) is 1.62. The van der Waals surface area contributed by atoms with Crippen LogP contribution in [0.5, 0.6) is 0 Å². The lowest BCUT2D eigenvalue weighted by Crippen LogP contribution is -2.36. The van der Waals surface area contributed by atoms with Crippen LogP contribution >= 0.6 is 31.9 Å². The summed E-state index contributed by atoms with van der Waals surface area (Å²) in [5, 5.41) is 3.14. The van der Waals surface area contributed by atoms with E-state index in [1.807, 2.05) is 32.0 Å². The van der Waals surface area contributed by atoms with Crippen molar-refractivity contribution in [2.75, 3.05) is 25.0 Å². The summed E-state index contributed by atoms with van der Waals surface area (Å²) in [5.74, 6) is 0.0697. The van der Waals surface area contributed by atoms with Gasteiger partial charge in [-0.15, -0.1) is 0 Å². The van der Waals surface area contributed by atoms with Crippen LogP contribution in [0.2, 0.25) is 0 Å². The Balaban J connectivity index is 2.60. The van der Waals surface area contributed by atoms with E-state index in [1.165, 1.54) is 0 Å². The number of nitrogens with zero attached hydrogens (tertiary/aromatic N) is 1.